The van der Waals surface area contributed by atoms with Crippen LogP contribution in [0.3, 0.4) is 0 Å². The first-order valence-corrected chi connectivity index (χ1v) is 10.4. The van der Waals surface area contributed by atoms with Gasteiger partial charge in [-0.15, -0.1) is 0 Å². The molecule has 0 saturated carbocycles. The van der Waals surface area contributed by atoms with Gasteiger partial charge < -0.3 is 38.6 Å². The smallest absolute Gasteiger partial charge is 0.303 e. The van der Waals surface area contributed by atoms with E-state index in [-0.39, 0.29) is 13.0 Å². The summed E-state index contributed by atoms with van der Waals surface area (Å²) >= 11 is 0. The number of nitrogens with zero attached hydrogens (tertiary/aromatic N) is 6. The van der Waals surface area contributed by atoms with Gasteiger partial charge in [-0.05, 0) is 11.1 Å². The van der Waals surface area contributed by atoms with E-state index >= 15 is 0 Å². The van der Waals surface area contributed by atoms with Gasteiger partial charge >= 0.3 is 17.9 Å². The fourth-order valence-electron chi connectivity index (χ4n) is 3.69. The molecule has 0 amide bonds. The van der Waals surface area contributed by atoms with Crippen molar-refractivity contribution in [1.29, 1.82) is 0 Å². The van der Waals surface area contributed by atoms with Gasteiger partial charge in [-0.1, -0.05) is 10.2 Å². The first kappa shape index (κ1) is 28.1. The molecule has 0 radical (unpaired) electrons. The van der Waals surface area contributed by atoms with E-state index in [0.29, 0.717) is 0 Å². The Morgan fingerprint density at radius 3 is 2.14 bits per heavy atom. The maximum absolute atomic E-state index is 11.6. The highest BCUT2D eigenvalue weighted by atomic mass is 16.7. The van der Waals surface area contributed by atoms with Crippen molar-refractivity contribution in [1.82, 2.24) is 0 Å². The quantitative estimate of drug-likeness (QED) is 0.132. The highest BCUT2D eigenvalue weighted by Gasteiger charge is 2.53. The summed E-state index contributed by atoms with van der Waals surface area (Å²) in [5.41, 5.74) is 17.7. The Bertz CT molecular complexity index is 877. The zero-order chi connectivity index (χ0) is 26.1. The van der Waals surface area contributed by atoms with E-state index in [1.54, 1.807) is 0 Å². The van der Waals surface area contributed by atoms with Crippen molar-refractivity contribution in [2.75, 3.05) is 13.2 Å². The van der Waals surface area contributed by atoms with Gasteiger partial charge in [-0.2, -0.15) is 0 Å². The number of aliphatic hydroxyl groups excluding tert-OH is 2. The highest BCUT2D eigenvalue weighted by molar-refractivity contribution is 5.66. The van der Waals surface area contributed by atoms with Crippen LogP contribution in [0.15, 0.2) is 10.2 Å². The van der Waals surface area contributed by atoms with Crippen LogP contribution in [-0.2, 0) is 42.8 Å². The summed E-state index contributed by atoms with van der Waals surface area (Å²) < 4.78 is 32.1. The number of esters is 3. The lowest BCUT2D eigenvalue weighted by molar-refractivity contribution is -0.282. The van der Waals surface area contributed by atoms with E-state index in [0.717, 1.165) is 13.8 Å². The Morgan fingerprint density at radius 2 is 1.57 bits per heavy atom. The maximum atomic E-state index is 11.6. The molecule has 0 aliphatic carbocycles. The number of hydrogen-bond donors (Lipinski definition) is 2. The molecule has 17 heteroatoms. The minimum absolute atomic E-state index is 0.0100. The number of rotatable bonds is 10. The highest BCUT2D eigenvalue weighted by Crippen LogP contribution is 2.34. The molecular formula is C18H26N6O11. The second kappa shape index (κ2) is 13.1. The van der Waals surface area contributed by atoms with Crippen LogP contribution in [-0.4, -0.2) is 96.5 Å². The lowest BCUT2D eigenvalue weighted by Crippen LogP contribution is -2.61. The molecule has 2 aliphatic heterocycles. The summed E-state index contributed by atoms with van der Waals surface area (Å²) in [5.74, 6) is -2.14. The molecular weight excluding hydrogens is 476 g/mol. The third-order valence-corrected chi connectivity index (χ3v) is 5.04. The molecule has 35 heavy (non-hydrogen) atoms. The second-order valence-electron chi connectivity index (χ2n) is 7.59. The van der Waals surface area contributed by atoms with Crippen LogP contribution >= 0.6 is 0 Å². The number of hydrogen-bond acceptors (Lipinski definition) is 13. The van der Waals surface area contributed by atoms with Crippen LogP contribution < -0.4 is 0 Å². The van der Waals surface area contributed by atoms with Crippen molar-refractivity contribution in [2.24, 2.45) is 10.2 Å². The molecule has 2 heterocycles. The predicted molar refractivity (Wildman–Crippen MR) is 110 cm³/mol. The Morgan fingerprint density at radius 1 is 0.914 bits per heavy atom. The second-order valence-corrected chi connectivity index (χ2v) is 7.59. The van der Waals surface area contributed by atoms with Gasteiger partial charge in [0.05, 0.1) is 25.4 Å². The number of carbonyl (C=O) groups excluding carboxylic acids is 3. The van der Waals surface area contributed by atoms with Crippen LogP contribution in [0.4, 0.5) is 0 Å². The average Bonchev–Trinajstić information content (AvgIpc) is 3.04. The maximum Gasteiger partial charge on any atom is 0.303 e. The lowest BCUT2D eigenvalue weighted by atomic mass is 9.96. The molecule has 0 bridgehead atoms. The largest absolute Gasteiger partial charge is 0.466 e. The van der Waals surface area contributed by atoms with E-state index in [1.165, 1.54) is 6.92 Å². The normalized spacial score (nSPS) is 34.1. The summed E-state index contributed by atoms with van der Waals surface area (Å²) in [6, 6.07) is -1.44. The number of aliphatic hydroxyl groups is 2. The molecule has 0 aromatic carbocycles. The molecule has 2 aliphatic rings. The average molecular weight is 502 g/mol. The molecule has 2 N–H and O–H groups in total. The van der Waals surface area contributed by atoms with E-state index in [2.05, 4.69) is 20.1 Å². The standard InChI is InChI=1S/C18H26N6O11/c1-7(25)30-5-4-10-14(16(17(29)33-10)32-9(3)27)35-18-12(22-24-20)15(31-8(2)26)13(28)11(34-18)6-21-23-19/h10-18,28-29H,4-6H2,1-3H3/t10-,11+,12?,13-,14-,15-,16-,17?,18-/m1/s1. The summed E-state index contributed by atoms with van der Waals surface area (Å²) in [7, 11) is 0. The summed E-state index contributed by atoms with van der Waals surface area (Å²) in [6.45, 7) is 2.84. The Hall–Kier alpha value is -3.17. The van der Waals surface area contributed by atoms with Gasteiger partial charge in [0.1, 0.15) is 24.4 Å². The Kier molecular flexibility index (Phi) is 10.5. The summed E-state index contributed by atoms with van der Waals surface area (Å²) in [4.78, 5) is 39.6. The SMILES string of the molecule is CC(=O)OCC[C@H]1OC(O)[C@H](OC(C)=O)[C@@H]1O[C@H]1O[C@@H](CN=[N+]=[N-])[C@@H](O)[C@H](OC(C)=O)C1N=[N+]=[N-]. The minimum atomic E-state index is -1.62. The molecule has 9 atom stereocenters. The minimum Gasteiger partial charge on any atom is -0.466 e. The fraction of sp³-hybridized carbons (Fsp3) is 0.833. The molecule has 0 aromatic heterocycles. The van der Waals surface area contributed by atoms with Crippen molar-refractivity contribution in [2.45, 2.75) is 82.4 Å². The Labute approximate surface area is 198 Å². The van der Waals surface area contributed by atoms with Gasteiger partial charge in [0.25, 0.3) is 0 Å². The monoisotopic (exact) mass is 502 g/mol. The molecule has 2 fully saturated rings. The molecule has 17 nitrogen and oxygen atoms in total. The Balaban J connectivity index is 2.38. The van der Waals surface area contributed by atoms with Gasteiger partial charge in [-0.3, -0.25) is 14.4 Å². The first-order valence-electron chi connectivity index (χ1n) is 10.4. The van der Waals surface area contributed by atoms with Crippen LogP contribution in [0.2, 0.25) is 0 Å². The van der Waals surface area contributed by atoms with E-state index in [4.69, 9.17) is 39.5 Å². The summed E-state index contributed by atoms with van der Waals surface area (Å²) in [5, 5.41) is 27.8. The third kappa shape index (κ3) is 7.66. The van der Waals surface area contributed by atoms with Gasteiger partial charge in [0.2, 0.25) is 0 Å². The number of ether oxygens (including phenoxy) is 6. The van der Waals surface area contributed by atoms with Crippen LogP contribution in [0.25, 0.3) is 20.9 Å². The lowest BCUT2D eigenvalue weighted by Gasteiger charge is -2.43. The van der Waals surface area contributed by atoms with E-state index < -0.39 is 79.7 Å². The number of azide groups is 2. The van der Waals surface area contributed by atoms with Crippen molar-refractivity contribution >= 4 is 17.9 Å². The topological polar surface area (TPSA) is 245 Å². The van der Waals surface area contributed by atoms with Gasteiger partial charge in [-0.25, -0.2) is 0 Å². The molecule has 0 aromatic rings. The molecule has 2 unspecified atom stereocenters. The number of carbonyl (C=O) groups is 3. The van der Waals surface area contributed by atoms with Crippen LogP contribution in [0.5, 0.6) is 0 Å². The van der Waals surface area contributed by atoms with Crippen LogP contribution in [0.1, 0.15) is 27.2 Å². The summed E-state index contributed by atoms with van der Waals surface area (Å²) in [6.07, 6.45) is -11.0. The third-order valence-electron chi connectivity index (χ3n) is 5.04. The zero-order valence-electron chi connectivity index (χ0n) is 19.1. The predicted octanol–water partition coefficient (Wildman–Crippen LogP) is -0.0196. The first-order chi connectivity index (χ1) is 16.6. The van der Waals surface area contributed by atoms with E-state index in [9.17, 15) is 24.6 Å². The van der Waals surface area contributed by atoms with Crippen molar-refractivity contribution in [3.63, 3.8) is 0 Å². The molecule has 2 saturated heterocycles. The zero-order valence-corrected chi connectivity index (χ0v) is 19.1. The molecule has 2 rings (SSSR count). The van der Waals surface area contributed by atoms with Crippen molar-refractivity contribution < 1.29 is 53.0 Å². The van der Waals surface area contributed by atoms with Crippen molar-refractivity contribution in [3.8, 4) is 0 Å². The van der Waals surface area contributed by atoms with Crippen LogP contribution in [0, 0.1) is 0 Å². The fourth-order valence-corrected chi connectivity index (χ4v) is 3.69. The van der Waals surface area contributed by atoms with Crippen molar-refractivity contribution in [3.05, 3.63) is 20.9 Å². The molecule has 0 spiro atoms. The van der Waals surface area contributed by atoms with Gasteiger partial charge in [0, 0.05) is 37.0 Å². The van der Waals surface area contributed by atoms with E-state index in [1.807, 2.05) is 0 Å². The molecule has 194 valence electrons. The van der Waals surface area contributed by atoms with Gasteiger partial charge in [0.15, 0.2) is 18.7 Å².